The Bertz CT molecular complexity index is 3820. The third-order valence-electron chi connectivity index (χ3n) is 12.1. The molecule has 0 spiro atoms. The maximum atomic E-state index is 6.52. The van der Waals surface area contributed by atoms with Crippen LogP contribution in [0.25, 0.3) is 119 Å². The summed E-state index contributed by atoms with van der Waals surface area (Å²) in [5, 5.41) is 9.86. The van der Waals surface area contributed by atoms with E-state index in [1.807, 2.05) is 17.4 Å². The van der Waals surface area contributed by atoms with Crippen molar-refractivity contribution in [2.75, 3.05) is 0 Å². The Labute approximate surface area is 336 Å². The lowest BCUT2D eigenvalue weighted by molar-refractivity contribution is 0.670. The lowest BCUT2D eigenvalue weighted by Gasteiger charge is -2.12. The summed E-state index contributed by atoms with van der Waals surface area (Å²) in [6.07, 6.45) is 0. The Morgan fingerprint density at radius 1 is 0.362 bits per heavy atom. The Morgan fingerprint density at radius 2 is 0.983 bits per heavy atom. The standard InChI is InChI=1S/C54H32N2OS/c1-5-22-46-39(16-1)43-28-29-48-52(53(43)56(46)37-15-10-13-35(31-37)38-20-11-21-44-40-17-3-7-24-49(40)57-54(38)44)45-19-2-6-23-47(45)55(48)36-14-9-12-33(30-36)34-26-27-42-41-18-4-8-25-50(41)58-51(42)32-34/h1-32H. The Morgan fingerprint density at radius 3 is 1.86 bits per heavy atom. The van der Waals surface area contributed by atoms with E-state index < -0.39 is 0 Å². The van der Waals surface area contributed by atoms with E-state index >= 15 is 0 Å². The van der Waals surface area contributed by atoms with Crippen LogP contribution in [0.5, 0.6) is 0 Å². The molecule has 0 aliphatic carbocycles. The van der Waals surface area contributed by atoms with E-state index in [2.05, 4.69) is 197 Å². The fourth-order valence-electron chi connectivity index (χ4n) is 9.57. The van der Waals surface area contributed by atoms with E-state index in [4.69, 9.17) is 4.42 Å². The zero-order valence-corrected chi connectivity index (χ0v) is 32.0. The molecular formula is C54H32N2OS. The van der Waals surface area contributed by atoms with Crippen molar-refractivity contribution in [1.29, 1.82) is 0 Å². The molecule has 3 nitrogen and oxygen atoms in total. The first kappa shape index (κ1) is 31.8. The maximum absolute atomic E-state index is 6.52. The first-order valence-electron chi connectivity index (χ1n) is 19.8. The molecule has 0 aliphatic heterocycles. The van der Waals surface area contributed by atoms with E-state index in [-0.39, 0.29) is 0 Å². The van der Waals surface area contributed by atoms with Crippen LogP contribution in [0.2, 0.25) is 0 Å². The molecule has 0 unspecified atom stereocenters. The summed E-state index contributed by atoms with van der Waals surface area (Å²) in [6.45, 7) is 0. The van der Waals surface area contributed by atoms with E-state index in [1.54, 1.807) is 0 Å². The molecule has 9 aromatic carbocycles. The number of hydrogen-bond acceptors (Lipinski definition) is 2. The molecule has 0 aliphatic rings. The van der Waals surface area contributed by atoms with Crippen molar-refractivity contribution in [1.82, 2.24) is 9.13 Å². The molecule has 13 aromatic rings. The van der Waals surface area contributed by atoms with Crippen molar-refractivity contribution in [2.45, 2.75) is 0 Å². The van der Waals surface area contributed by atoms with E-state index in [1.165, 1.54) is 74.9 Å². The lowest BCUT2D eigenvalue weighted by atomic mass is 10.0. The van der Waals surface area contributed by atoms with Crippen molar-refractivity contribution < 1.29 is 4.42 Å². The molecule has 0 bridgehead atoms. The fourth-order valence-corrected chi connectivity index (χ4v) is 10.7. The maximum Gasteiger partial charge on any atom is 0.143 e. The molecule has 0 saturated carbocycles. The Kier molecular flexibility index (Phi) is 6.60. The van der Waals surface area contributed by atoms with Gasteiger partial charge in [-0.15, -0.1) is 11.3 Å². The Hall–Kier alpha value is -7.40. The molecule has 0 radical (unpaired) electrons. The van der Waals surface area contributed by atoms with Crippen LogP contribution in [-0.2, 0) is 0 Å². The zero-order valence-electron chi connectivity index (χ0n) is 31.2. The van der Waals surface area contributed by atoms with Crippen molar-refractivity contribution in [2.24, 2.45) is 0 Å². The molecule has 13 rings (SSSR count). The minimum Gasteiger partial charge on any atom is -0.455 e. The summed E-state index contributed by atoms with van der Waals surface area (Å²) < 4.78 is 14.1. The average Bonchev–Trinajstić information content (AvgIpc) is 4.04. The van der Waals surface area contributed by atoms with Crippen LogP contribution in [0.3, 0.4) is 0 Å². The quantitative estimate of drug-likeness (QED) is 0.175. The van der Waals surface area contributed by atoms with E-state index in [0.717, 1.165) is 44.4 Å². The highest BCUT2D eigenvalue weighted by atomic mass is 32.1. The number of nitrogens with zero attached hydrogens (tertiary/aromatic N) is 2. The van der Waals surface area contributed by atoms with Crippen LogP contribution < -0.4 is 0 Å². The predicted octanol–water partition coefficient (Wildman–Crippen LogP) is 15.5. The number of thiophene rings is 1. The smallest absolute Gasteiger partial charge is 0.143 e. The van der Waals surface area contributed by atoms with Crippen molar-refractivity contribution in [3.05, 3.63) is 194 Å². The molecule has 4 heteroatoms. The average molecular weight is 757 g/mol. The van der Waals surface area contributed by atoms with Gasteiger partial charge < -0.3 is 13.6 Å². The minimum atomic E-state index is 0.907. The summed E-state index contributed by atoms with van der Waals surface area (Å²) in [7, 11) is 0. The highest BCUT2D eigenvalue weighted by Crippen LogP contribution is 2.44. The molecule has 58 heavy (non-hydrogen) atoms. The van der Waals surface area contributed by atoms with Gasteiger partial charge in [0.1, 0.15) is 11.2 Å². The summed E-state index contributed by atoms with van der Waals surface area (Å²) in [6, 6.07) is 70.7. The van der Waals surface area contributed by atoms with Crippen LogP contribution in [0.1, 0.15) is 0 Å². The predicted molar refractivity (Wildman–Crippen MR) is 246 cm³/mol. The van der Waals surface area contributed by atoms with Gasteiger partial charge in [-0.3, -0.25) is 0 Å². The first-order chi connectivity index (χ1) is 28.8. The van der Waals surface area contributed by atoms with Gasteiger partial charge in [-0.25, -0.2) is 0 Å². The summed E-state index contributed by atoms with van der Waals surface area (Å²) in [4.78, 5) is 0. The van der Waals surface area contributed by atoms with Gasteiger partial charge in [-0.1, -0.05) is 133 Å². The number of benzene rings is 9. The van der Waals surface area contributed by atoms with Crippen LogP contribution in [0.15, 0.2) is 199 Å². The van der Waals surface area contributed by atoms with Gasteiger partial charge in [-0.05, 0) is 77.4 Å². The molecule has 0 N–H and O–H groups in total. The molecule has 270 valence electrons. The lowest BCUT2D eigenvalue weighted by Crippen LogP contribution is -1.96. The number of para-hydroxylation sites is 4. The molecule has 4 heterocycles. The number of rotatable bonds is 4. The van der Waals surface area contributed by atoms with Gasteiger partial charge >= 0.3 is 0 Å². The van der Waals surface area contributed by atoms with Crippen LogP contribution in [0, 0.1) is 0 Å². The molecule has 0 amide bonds. The van der Waals surface area contributed by atoms with Gasteiger partial charge in [0, 0.05) is 69.4 Å². The number of hydrogen-bond donors (Lipinski definition) is 0. The van der Waals surface area contributed by atoms with E-state index in [9.17, 15) is 0 Å². The fraction of sp³-hybridized carbons (Fsp3) is 0. The van der Waals surface area contributed by atoms with Gasteiger partial charge in [0.25, 0.3) is 0 Å². The molecule has 0 saturated heterocycles. The van der Waals surface area contributed by atoms with Crippen LogP contribution in [-0.4, -0.2) is 9.13 Å². The zero-order chi connectivity index (χ0) is 37.9. The third kappa shape index (κ3) is 4.49. The topological polar surface area (TPSA) is 23.0 Å². The van der Waals surface area contributed by atoms with Gasteiger partial charge in [-0.2, -0.15) is 0 Å². The number of fused-ring (bicyclic) bond motifs is 13. The Balaban J connectivity index is 1.04. The number of aromatic nitrogens is 2. The van der Waals surface area contributed by atoms with E-state index in [0.29, 0.717) is 0 Å². The highest BCUT2D eigenvalue weighted by molar-refractivity contribution is 7.25. The third-order valence-corrected chi connectivity index (χ3v) is 13.2. The minimum absolute atomic E-state index is 0.907. The number of furan rings is 1. The monoisotopic (exact) mass is 756 g/mol. The molecular weight excluding hydrogens is 725 g/mol. The second kappa shape index (κ2) is 12.1. The second-order valence-corrected chi connectivity index (χ2v) is 16.3. The second-order valence-electron chi connectivity index (χ2n) is 15.3. The normalized spacial score (nSPS) is 12.1. The van der Waals surface area contributed by atoms with Crippen LogP contribution in [0.4, 0.5) is 0 Å². The largest absolute Gasteiger partial charge is 0.455 e. The molecule has 0 fully saturated rings. The summed E-state index contributed by atoms with van der Waals surface area (Å²) in [5.41, 5.74) is 13.5. The summed E-state index contributed by atoms with van der Waals surface area (Å²) in [5.74, 6) is 0. The van der Waals surface area contributed by atoms with Crippen LogP contribution >= 0.6 is 11.3 Å². The highest BCUT2D eigenvalue weighted by Gasteiger charge is 2.22. The van der Waals surface area contributed by atoms with Crippen molar-refractivity contribution in [3.8, 4) is 33.6 Å². The van der Waals surface area contributed by atoms with Gasteiger partial charge in [0.05, 0.1) is 22.1 Å². The SMILES string of the molecule is c1cc(-c2ccc3c(c2)sc2ccccc23)cc(-n2c3ccccc3c3c2ccc2c4ccccc4n(-c4cccc(-c5cccc6c5oc5ccccc56)c4)c23)c1. The molecule has 0 atom stereocenters. The summed E-state index contributed by atoms with van der Waals surface area (Å²) >= 11 is 1.87. The van der Waals surface area contributed by atoms with Crippen molar-refractivity contribution >= 4 is 97.1 Å². The van der Waals surface area contributed by atoms with Gasteiger partial charge in [0.15, 0.2) is 0 Å². The molecule has 4 aromatic heterocycles. The first-order valence-corrected chi connectivity index (χ1v) is 20.6. The van der Waals surface area contributed by atoms with Crippen molar-refractivity contribution in [3.63, 3.8) is 0 Å². The van der Waals surface area contributed by atoms with Gasteiger partial charge in [0.2, 0.25) is 0 Å².